The first-order valence-corrected chi connectivity index (χ1v) is 11.8. The maximum Gasteiger partial charge on any atom is 0.243 e. The Labute approximate surface area is 182 Å². The van der Waals surface area contributed by atoms with Gasteiger partial charge in [0, 0.05) is 24.3 Å². The maximum atomic E-state index is 12.7. The first-order valence-electron chi connectivity index (χ1n) is 9.94. The number of hydrogen-bond acceptors (Lipinski definition) is 5. The van der Waals surface area contributed by atoms with Gasteiger partial charge in [0.25, 0.3) is 0 Å². The zero-order chi connectivity index (χ0) is 21.0. The summed E-state index contributed by atoms with van der Waals surface area (Å²) < 4.78 is 32.1. The largest absolute Gasteiger partial charge is 0.379 e. The lowest BCUT2D eigenvalue weighted by atomic mass is 9.90. The van der Waals surface area contributed by atoms with Crippen molar-refractivity contribution in [2.24, 2.45) is 5.10 Å². The van der Waals surface area contributed by atoms with E-state index in [0.29, 0.717) is 37.1 Å². The minimum atomic E-state index is -3.51. The molecule has 2 aromatic carbocycles. The molecule has 0 radical (unpaired) electrons. The van der Waals surface area contributed by atoms with Crippen molar-refractivity contribution in [2.75, 3.05) is 31.6 Å². The van der Waals surface area contributed by atoms with E-state index in [4.69, 9.17) is 17.0 Å². The van der Waals surface area contributed by atoms with Gasteiger partial charge in [-0.2, -0.15) is 9.41 Å². The third-order valence-electron chi connectivity index (χ3n) is 5.20. The number of thiocarbonyl (C=S) groups is 1. The van der Waals surface area contributed by atoms with Gasteiger partial charge >= 0.3 is 0 Å². The van der Waals surface area contributed by atoms with E-state index in [9.17, 15) is 8.42 Å². The SMILES string of the molecule is O=S(=O)(c1ccc(NC(=S)N/N=C2\CCCc3ccccc32)cc1)N1CCOCC1. The molecule has 0 aromatic heterocycles. The molecule has 1 aliphatic carbocycles. The molecule has 0 unspecified atom stereocenters. The highest BCUT2D eigenvalue weighted by Gasteiger charge is 2.26. The van der Waals surface area contributed by atoms with Crippen molar-refractivity contribution >= 4 is 38.8 Å². The number of rotatable bonds is 4. The molecule has 1 heterocycles. The van der Waals surface area contributed by atoms with Crippen molar-refractivity contribution in [3.05, 3.63) is 59.7 Å². The Bertz CT molecular complexity index is 1050. The molecular formula is C21H24N4O3S2. The summed E-state index contributed by atoms with van der Waals surface area (Å²) >= 11 is 5.34. The first kappa shape index (κ1) is 20.9. The predicted molar refractivity (Wildman–Crippen MR) is 121 cm³/mol. The van der Waals surface area contributed by atoms with Gasteiger partial charge in [-0.1, -0.05) is 24.3 Å². The summed E-state index contributed by atoms with van der Waals surface area (Å²) in [6.45, 7) is 1.59. The third-order valence-corrected chi connectivity index (χ3v) is 7.31. The Morgan fingerprint density at radius 1 is 1.03 bits per heavy atom. The fourth-order valence-corrected chi connectivity index (χ4v) is 5.21. The fraction of sp³-hybridized carbons (Fsp3) is 0.333. The summed E-state index contributed by atoms with van der Waals surface area (Å²) in [6, 6.07) is 14.8. The van der Waals surface area contributed by atoms with Crippen molar-refractivity contribution in [3.8, 4) is 0 Å². The molecule has 0 bridgehead atoms. The van der Waals surface area contributed by atoms with Gasteiger partial charge in [0.1, 0.15) is 0 Å². The van der Waals surface area contributed by atoms with E-state index in [1.54, 1.807) is 24.3 Å². The Balaban J connectivity index is 1.39. The molecule has 30 heavy (non-hydrogen) atoms. The highest BCUT2D eigenvalue weighted by molar-refractivity contribution is 7.89. The molecule has 2 aliphatic rings. The van der Waals surface area contributed by atoms with E-state index in [0.717, 1.165) is 30.5 Å². The van der Waals surface area contributed by atoms with Crippen LogP contribution < -0.4 is 10.7 Å². The third kappa shape index (κ3) is 4.70. The Kier molecular flexibility index (Phi) is 6.43. The Morgan fingerprint density at radius 2 is 1.77 bits per heavy atom. The zero-order valence-electron chi connectivity index (χ0n) is 16.5. The fourth-order valence-electron chi connectivity index (χ4n) is 3.64. The quantitative estimate of drug-likeness (QED) is 0.557. The van der Waals surface area contributed by atoms with Crippen LogP contribution in [-0.4, -0.2) is 49.9 Å². The predicted octanol–water partition coefficient (Wildman–Crippen LogP) is 2.73. The van der Waals surface area contributed by atoms with Crippen LogP contribution in [0.15, 0.2) is 58.5 Å². The van der Waals surface area contributed by atoms with Crippen LogP contribution in [0.4, 0.5) is 5.69 Å². The van der Waals surface area contributed by atoms with Gasteiger partial charge in [0.05, 0.1) is 23.8 Å². The molecule has 2 N–H and O–H groups in total. The molecule has 7 nitrogen and oxygen atoms in total. The molecule has 1 fully saturated rings. The smallest absolute Gasteiger partial charge is 0.243 e. The van der Waals surface area contributed by atoms with Crippen molar-refractivity contribution in [2.45, 2.75) is 24.2 Å². The van der Waals surface area contributed by atoms with Crippen molar-refractivity contribution in [1.82, 2.24) is 9.73 Å². The van der Waals surface area contributed by atoms with Gasteiger partial charge in [-0.3, -0.25) is 5.43 Å². The average molecular weight is 445 g/mol. The topological polar surface area (TPSA) is 83.0 Å². The number of anilines is 1. The lowest BCUT2D eigenvalue weighted by molar-refractivity contribution is 0.0730. The number of fused-ring (bicyclic) bond motifs is 1. The number of nitrogens with one attached hydrogen (secondary N) is 2. The van der Waals surface area contributed by atoms with E-state index in [2.05, 4.69) is 28.0 Å². The molecule has 158 valence electrons. The van der Waals surface area contributed by atoms with E-state index >= 15 is 0 Å². The molecule has 0 atom stereocenters. The number of aryl methyl sites for hydroxylation is 1. The number of nitrogens with zero attached hydrogens (tertiary/aromatic N) is 2. The van der Waals surface area contributed by atoms with Gasteiger partial charge in [-0.15, -0.1) is 0 Å². The minimum absolute atomic E-state index is 0.257. The molecular weight excluding hydrogens is 420 g/mol. The monoisotopic (exact) mass is 444 g/mol. The van der Waals surface area contributed by atoms with Crippen LogP contribution in [0.2, 0.25) is 0 Å². The number of hydrazone groups is 1. The number of sulfonamides is 1. The Hall–Kier alpha value is -2.33. The lowest BCUT2D eigenvalue weighted by Gasteiger charge is -2.26. The molecule has 0 amide bonds. The summed E-state index contributed by atoms with van der Waals surface area (Å²) in [7, 11) is -3.51. The zero-order valence-corrected chi connectivity index (χ0v) is 18.1. The number of ether oxygens (including phenoxy) is 1. The average Bonchev–Trinajstić information content (AvgIpc) is 2.78. The van der Waals surface area contributed by atoms with Crippen LogP contribution in [0, 0.1) is 0 Å². The van der Waals surface area contributed by atoms with Crippen molar-refractivity contribution < 1.29 is 13.2 Å². The molecule has 4 rings (SSSR count). The standard InChI is InChI=1S/C21H24N4O3S2/c26-30(27,25-12-14-28-15-13-25)18-10-8-17(9-11-18)22-21(29)24-23-20-7-3-5-16-4-1-2-6-19(16)20/h1-2,4,6,8-11H,3,5,7,12-15H2,(H2,22,24,29)/b23-20+. The highest BCUT2D eigenvalue weighted by Crippen LogP contribution is 2.21. The first-order chi connectivity index (χ1) is 14.5. The van der Waals surface area contributed by atoms with Gasteiger partial charge in [-0.25, -0.2) is 8.42 Å². The summed E-state index contributed by atoms with van der Waals surface area (Å²) in [4.78, 5) is 0.257. The molecule has 1 saturated heterocycles. The number of benzene rings is 2. The Morgan fingerprint density at radius 3 is 2.53 bits per heavy atom. The van der Waals surface area contributed by atoms with E-state index in [-0.39, 0.29) is 4.90 Å². The van der Waals surface area contributed by atoms with Crippen LogP contribution in [0.3, 0.4) is 0 Å². The highest BCUT2D eigenvalue weighted by atomic mass is 32.2. The summed E-state index contributed by atoms with van der Waals surface area (Å²) in [5.41, 5.74) is 7.06. The van der Waals surface area contributed by atoms with Crippen LogP contribution in [-0.2, 0) is 21.2 Å². The second-order valence-electron chi connectivity index (χ2n) is 7.18. The molecule has 2 aromatic rings. The molecule has 1 aliphatic heterocycles. The summed E-state index contributed by atoms with van der Waals surface area (Å²) in [6.07, 6.45) is 3.04. The molecule has 0 spiro atoms. The van der Waals surface area contributed by atoms with E-state index in [1.165, 1.54) is 9.87 Å². The van der Waals surface area contributed by atoms with Crippen molar-refractivity contribution in [1.29, 1.82) is 0 Å². The van der Waals surface area contributed by atoms with Crippen LogP contribution in [0.1, 0.15) is 24.0 Å². The van der Waals surface area contributed by atoms with Crippen molar-refractivity contribution in [3.63, 3.8) is 0 Å². The second-order valence-corrected chi connectivity index (χ2v) is 9.52. The maximum absolute atomic E-state index is 12.7. The lowest BCUT2D eigenvalue weighted by Crippen LogP contribution is -2.40. The summed E-state index contributed by atoms with van der Waals surface area (Å²) in [5, 5.41) is 7.89. The minimum Gasteiger partial charge on any atom is -0.379 e. The molecule has 9 heteroatoms. The van der Waals surface area contributed by atoms with Gasteiger partial charge in [0.2, 0.25) is 10.0 Å². The van der Waals surface area contributed by atoms with E-state index < -0.39 is 10.0 Å². The normalized spacial score (nSPS) is 18.6. The second kappa shape index (κ2) is 9.22. The molecule has 0 saturated carbocycles. The van der Waals surface area contributed by atoms with E-state index in [1.807, 2.05) is 12.1 Å². The van der Waals surface area contributed by atoms with Gasteiger partial charge in [0.15, 0.2) is 5.11 Å². The number of hydrogen-bond donors (Lipinski definition) is 2. The van der Waals surface area contributed by atoms with Crippen LogP contribution in [0.25, 0.3) is 0 Å². The van der Waals surface area contributed by atoms with Crippen LogP contribution >= 0.6 is 12.2 Å². The van der Waals surface area contributed by atoms with Gasteiger partial charge < -0.3 is 10.1 Å². The van der Waals surface area contributed by atoms with Crippen LogP contribution in [0.5, 0.6) is 0 Å². The van der Waals surface area contributed by atoms with Gasteiger partial charge in [-0.05, 0) is 61.3 Å². The number of morpholine rings is 1. The summed E-state index contributed by atoms with van der Waals surface area (Å²) in [5.74, 6) is 0.